The van der Waals surface area contributed by atoms with Gasteiger partial charge in [-0.3, -0.25) is 4.79 Å². The second-order valence-electron chi connectivity index (χ2n) is 1.65. The Labute approximate surface area is 54.8 Å². The Morgan fingerprint density at radius 3 is 2.38 bits per heavy atom. The van der Waals surface area contributed by atoms with Gasteiger partial charge >= 0.3 is 0 Å². The minimum atomic E-state index is 0.190. The molecule has 0 rings (SSSR count). The molecule has 0 heterocycles. The minimum Gasteiger partial charge on any atom is -0.288 e. The maximum atomic E-state index is 10.4. The fourth-order valence-corrected chi connectivity index (χ4v) is 0.989. The van der Waals surface area contributed by atoms with E-state index in [1.165, 1.54) is 11.8 Å². The van der Waals surface area contributed by atoms with Crippen molar-refractivity contribution in [2.24, 2.45) is 0 Å². The molecule has 0 aliphatic heterocycles. The van der Waals surface area contributed by atoms with E-state index in [4.69, 9.17) is 0 Å². The van der Waals surface area contributed by atoms with Gasteiger partial charge in [-0.15, -0.1) is 0 Å². The zero-order valence-electron chi connectivity index (χ0n) is 5.47. The molecule has 0 aliphatic carbocycles. The van der Waals surface area contributed by atoms with Crippen molar-refractivity contribution in [1.82, 2.24) is 0 Å². The van der Waals surface area contributed by atoms with Crippen molar-refractivity contribution in [2.45, 2.75) is 26.0 Å². The highest BCUT2D eigenvalue weighted by molar-refractivity contribution is 8.14. The molecular weight excluding hydrogens is 120 g/mol. The van der Waals surface area contributed by atoms with Crippen LogP contribution in [0.1, 0.15) is 20.8 Å². The summed E-state index contributed by atoms with van der Waals surface area (Å²) in [5.74, 6) is 0. The molecule has 0 aromatic heterocycles. The summed E-state index contributed by atoms with van der Waals surface area (Å²) in [5.41, 5.74) is 0. The standard InChI is InChI=1S/C6H11OS/c1-4-5(2)8-6(3)7/h4-5H,1-3H3. The molecule has 0 saturated heterocycles. The van der Waals surface area contributed by atoms with Crippen LogP contribution < -0.4 is 0 Å². The normalized spacial score (nSPS) is 13.4. The van der Waals surface area contributed by atoms with Gasteiger partial charge in [-0.05, 0) is 6.42 Å². The van der Waals surface area contributed by atoms with Crippen LogP contribution in [-0.4, -0.2) is 10.4 Å². The summed E-state index contributed by atoms with van der Waals surface area (Å²) in [6.45, 7) is 5.55. The Balaban J connectivity index is 3.24. The van der Waals surface area contributed by atoms with E-state index in [1.54, 1.807) is 6.92 Å². The van der Waals surface area contributed by atoms with Gasteiger partial charge in [0.25, 0.3) is 0 Å². The van der Waals surface area contributed by atoms with Gasteiger partial charge in [0.2, 0.25) is 0 Å². The van der Waals surface area contributed by atoms with Crippen LogP contribution >= 0.6 is 11.8 Å². The first-order valence-electron chi connectivity index (χ1n) is 2.63. The molecule has 47 valence electrons. The monoisotopic (exact) mass is 131 g/mol. The van der Waals surface area contributed by atoms with E-state index in [0.717, 1.165) is 0 Å². The van der Waals surface area contributed by atoms with Gasteiger partial charge in [-0.1, -0.05) is 25.6 Å². The second-order valence-corrected chi connectivity index (χ2v) is 3.20. The SMILES string of the molecule is C[CH]C(C)SC(C)=O. The first-order valence-corrected chi connectivity index (χ1v) is 3.51. The third kappa shape index (κ3) is 4.19. The molecule has 0 aliphatic rings. The summed E-state index contributed by atoms with van der Waals surface area (Å²) >= 11 is 1.36. The third-order valence-corrected chi connectivity index (χ3v) is 1.80. The van der Waals surface area contributed by atoms with E-state index < -0.39 is 0 Å². The van der Waals surface area contributed by atoms with Gasteiger partial charge < -0.3 is 0 Å². The molecule has 0 saturated carbocycles. The predicted octanol–water partition coefficient (Wildman–Crippen LogP) is 1.88. The summed E-state index contributed by atoms with van der Waals surface area (Å²) in [6.07, 6.45) is 2.01. The Morgan fingerprint density at radius 2 is 2.25 bits per heavy atom. The Kier molecular flexibility index (Phi) is 3.97. The first-order chi connectivity index (χ1) is 3.66. The zero-order valence-corrected chi connectivity index (χ0v) is 6.29. The summed E-state index contributed by atoms with van der Waals surface area (Å²) in [6, 6.07) is 0. The summed E-state index contributed by atoms with van der Waals surface area (Å²) in [5, 5.41) is 0.558. The van der Waals surface area contributed by atoms with E-state index in [9.17, 15) is 4.79 Å². The highest BCUT2D eigenvalue weighted by Gasteiger charge is 2.00. The molecule has 8 heavy (non-hydrogen) atoms. The number of carbonyl (C=O) groups is 1. The van der Waals surface area contributed by atoms with Crippen LogP contribution in [0.15, 0.2) is 0 Å². The molecule has 0 amide bonds. The smallest absolute Gasteiger partial charge is 0.186 e. The lowest BCUT2D eigenvalue weighted by atomic mass is 10.4. The summed E-state index contributed by atoms with van der Waals surface area (Å²) in [4.78, 5) is 10.4. The lowest BCUT2D eigenvalue weighted by Gasteiger charge is -2.01. The van der Waals surface area contributed by atoms with Crippen LogP contribution in [0, 0.1) is 6.42 Å². The number of rotatable bonds is 2. The van der Waals surface area contributed by atoms with Gasteiger partial charge in [0.1, 0.15) is 0 Å². The van der Waals surface area contributed by atoms with Gasteiger partial charge in [-0.2, -0.15) is 0 Å². The van der Waals surface area contributed by atoms with Crippen molar-refractivity contribution >= 4 is 16.9 Å². The summed E-state index contributed by atoms with van der Waals surface area (Å²) < 4.78 is 0. The highest BCUT2D eigenvalue weighted by Crippen LogP contribution is 2.12. The first kappa shape index (κ1) is 8.02. The lowest BCUT2D eigenvalue weighted by molar-refractivity contribution is -0.109. The Hall–Kier alpha value is 0.0200. The molecule has 0 bridgehead atoms. The number of hydrogen-bond donors (Lipinski definition) is 0. The molecule has 2 heteroatoms. The van der Waals surface area contributed by atoms with Gasteiger partial charge in [0.15, 0.2) is 5.12 Å². The molecule has 1 unspecified atom stereocenters. The van der Waals surface area contributed by atoms with Crippen LogP contribution in [0.2, 0.25) is 0 Å². The predicted molar refractivity (Wildman–Crippen MR) is 37.7 cm³/mol. The van der Waals surface area contributed by atoms with Crippen LogP contribution in [0.25, 0.3) is 0 Å². The molecule has 0 aromatic carbocycles. The van der Waals surface area contributed by atoms with Crippen molar-refractivity contribution in [3.63, 3.8) is 0 Å². The molecule has 1 nitrogen and oxygen atoms in total. The molecule has 0 spiro atoms. The van der Waals surface area contributed by atoms with Crippen molar-refractivity contribution in [1.29, 1.82) is 0 Å². The minimum absolute atomic E-state index is 0.190. The van der Waals surface area contributed by atoms with Crippen LogP contribution in [0.4, 0.5) is 0 Å². The zero-order chi connectivity index (χ0) is 6.57. The summed E-state index contributed by atoms with van der Waals surface area (Å²) in [7, 11) is 0. The van der Waals surface area contributed by atoms with E-state index in [1.807, 2.05) is 20.3 Å². The van der Waals surface area contributed by atoms with Crippen LogP contribution in [-0.2, 0) is 4.79 Å². The van der Waals surface area contributed by atoms with Gasteiger partial charge in [0, 0.05) is 12.2 Å². The quantitative estimate of drug-likeness (QED) is 0.569. The van der Waals surface area contributed by atoms with Crippen LogP contribution in [0.5, 0.6) is 0 Å². The molecule has 1 atom stereocenters. The van der Waals surface area contributed by atoms with Crippen molar-refractivity contribution in [3.05, 3.63) is 6.42 Å². The molecule has 1 radical (unpaired) electrons. The van der Waals surface area contributed by atoms with E-state index >= 15 is 0 Å². The molecular formula is C6H11OS. The Morgan fingerprint density at radius 1 is 1.75 bits per heavy atom. The van der Waals surface area contributed by atoms with Crippen molar-refractivity contribution < 1.29 is 4.79 Å². The lowest BCUT2D eigenvalue weighted by Crippen LogP contribution is -1.96. The maximum Gasteiger partial charge on any atom is 0.186 e. The van der Waals surface area contributed by atoms with E-state index in [0.29, 0.717) is 5.25 Å². The fourth-order valence-electron chi connectivity index (χ4n) is 0.330. The molecule has 0 fully saturated rings. The van der Waals surface area contributed by atoms with Crippen molar-refractivity contribution in [2.75, 3.05) is 0 Å². The molecule has 0 aromatic rings. The Bertz CT molecular complexity index is 80.6. The third-order valence-electron chi connectivity index (χ3n) is 0.821. The van der Waals surface area contributed by atoms with E-state index in [2.05, 4.69) is 0 Å². The highest BCUT2D eigenvalue weighted by atomic mass is 32.2. The molecule has 0 N–H and O–H groups in total. The van der Waals surface area contributed by atoms with Gasteiger partial charge in [-0.25, -0.2) is 0 Å². The average Bonchev–Trinajstić information content (AvgIpc) is 1.65. The van der Waals surface area contributed by atoms with E-state index in [-0.39, 0.29) is 5.12 Å². The fraction of sp³-hybridized carbons (Fsp3) is 0.667. The maximum absolute atomic E-state index is 10.4. The second kappa shape index (κ2) is 3.96. The number of thioether (sulfide) groups is 1. The average molecular weight is 131 g/mol. The van der Waals surface area contributed by atoms with Crippen molar-refractivity contribution in [3.8, 4) is 0 Å². The largest absolute Gasteiger partial charge is 0.288 e. The topological polar surface area (TPSA) is 17.1 Å². The van der Waals surface area contributed by atoms with Crippen LogP contribution in [0.3, 0.4) is 0 Å². The van der Waals surface area contributed by atoms with Gasteiger partial charge in [0.05, 0.1) is 0 Å². The number of hydrogen-bond acceptors (Lipinski definition) is 2. The number of carbonyl (C=O) groups excluding carboxylic acids is 1.